The number of para-hydroxylation sites is 1. The van der Waals surface area contributed by atoms with Crippen LogP contribution < -0.4 is 0 Å². The van der Waals surface area contributed by atoms with Crippen molar-refractivity contribution in [1.82, 2.24) is 9.88 Å². The summed E-state index contributed by atoms with van der Waals surface area (Å²) < 4.78 is 0. The molecule has 0 saturated carbocycles. The molecule has 2 aromatic rings. The van der Waals surface area contributed by atoms with Gasteiger partial charge in [-0.25, -0.2) is 0 Å². The second kappa shape index (κ2) is 3.86. The lowest BCUT2D eigenvalue weighted by atomic mass is 9.83. The lowest BCUT2D eigenvalue weighted by Crippen LogP contribution is -2.45. The molecule has 3 heterocycles. The fraction of sp³-hybridized carbons (Fsp3) is 0.438. The van der Waals surface area contributed by atoms with Crippen LogP contribution in [0.1, 0.15) is 37.1 Å². The minimum atomic E-state index is 0.261. The average Bonchev–Trinajstić information content (AvgIpc) is 2.81. The van der Waals surface area contributed by atoms with Crippen LogP contribution >= 0.6 is 0 Å². The number of carbonyl (C=O) groups is 1. The molecule has 1 aromatic heterocycles. The predicted molar refractivity (Wildman–Crippen MR) is 74.9 cm³/mol. The van der Waals surface area contributed by atoms with Gasteiger partial charge in [0.1, 0.15) is 0 Å². The van der Waals surface area contributed by atoms with Crippen LogP contribution in [0.2, 0.25) is 0 Å². The first-order valence-corrected chi connectivity index (χ1v) is 7.14. The number of aromatic nitrogens is 1. The van der Waals surface area contributed by atoms with Crippen LogP contribution in [0.15, 0.2) is 24.3 Å². The molecule has 2 atom stereocenters. The summed E-state index contributed by atoms with van der Waals surface area (Å²) in [6.45, 7) is 3.15. The minimum Gasteiger partial charge on any atom is -0.356 e. The summed E-state index contributed by atoms with van der Waals surface area (Å²) in [5.41, 5.74) is 3.92. The molecule has 3 heteroatoms. The lowest BCUT2D eigenvalue weighted by molar-refractivity contribution is -0.139. The fourth-order valence-corrected chi connectivity index (χ4v) is 3.79. The Morgan fingerprint density at radius 1 is 1.26 bits per heavy atom. The normalized spacial score (nSPS) is 26.4. The van der Waals surface area contributed by atoms with Crippen LogP contribution in [0.25, 0.3) is 10.9 Å². The van der Waals surface area contributed by atoms with E-state index in [9.17, 15) is 4.79 Å². The van der Waals surface area contributed by atoms with Gasteiger partial charge in [-0.2, -0.15) is 0 Å². The van der Waals surface area contributed by atoms with Gasteiger partial charge in [0.25, 0.3) is 0 Å². The molecule has 1 amide bonds. The van der Waals surface area contributed by atoms with Crippen molar-refractivity contribution in [1.29, 1.82) is 0 Å². The lowest BCUT2D eigenvalue weighted by Gasteiger charge is -2.42. The van der Waals surface area contributed by atoms with Crippen LogP contribution in [0.3, 0.4) is 0 Å². The van der Waals surface area contributed by atoms with Gasteiger partial charge in [-0.05, 0) is 30.4 Å². The van der Waals surface area contributed by atoms with Gasteiger partial charge in [-0.1, -0.05) is 25.1 Å². The highest BCUT2D eigenvalue weighted by molar-refractivity contribution is 5.86. The molecule has 0 spiro atoms. The van der Waals surface area contributed by atoms with E-state index in [1.165, 1.54) is 22.2 Å². The first-order valence-electron chi connectivity index (χ1n) is 7.14. The standard InChI is InChI=1S/C16H18N2O/c1-10-6-7-14(19)18-9-8-12-11-4-2-3-5-13(11)17-15(12)16(10)18/h2-5,10,16-17H,6-9H2,1H3/t10-,16-/m1/s1. The second-order valence-electron chi connectivity index (χ2n) is 5.86. The first kappa shape index (κ1) is 11.1. The summed E-state index contributed by atoms with van der Waals surface area (Å²) >= 11 is 0. The fourth-order valence-electron chi connectivity index (χ4n) is 3.79. The van der Waals surface area contributed by atoms with E-state index < -0.39 is 0 Å². The molecule has 1 aromatic carbocycles. The molecule has 1 saturated heterocycles. The number of carbonyl (C=O) groups excluding carboxylic acids is 1. The van der Waals surface area contributed by atoms with Crippen molar-refractivity contribution in [2.75, 3.05) is 6.54 Å². The maximum Gasteiger partial charge on any atom is 0.223 e. The number of nitrogens with zero attached hydrogens (tertiary/aromatic N) is 1. The summed E-state index contributed by atoms with van der Waals surface area (Å²) in [6, 6.07) is 8.75. The quantitative estimate of drug-likeness (QED) is 0.770. The number of aromatic amines is 1. The number of amides is 1. The Morgan fingerprint density at radius 3 is 3.00 bits per heavy atom. The number of H-pyrrole nitrogens is 1. The van der Waals surface area contributed by atoms with Gasteiger partial charge >= 0.3 is 0 Å². The van der Waals surface area contributed by atoms with E-state index in [2.05, 4.69) is 41.1 Å². The highest BCUT2D eigenvalue weighted by Gasteiger charge is 2.39. The SMILES string of the molecule is C[C@@H]1CCC(=O)N2CCc3c([nH]c4ccccc34)[C@@H]12. The number of piperidine rings is 1. The van der Waals surface area contributed by atoms with Crippen molar-refractivity contribution in [3.63, 3.8) is 0 Å². The zero-order valence-electron chi connectivity index (χ0n) is 11.1. The van der Waals surface area contributed by atoms with E-state index in [0.29, 0.717) is 18.2 Å². The highest BCUT2D eigenvalue weighted by atomic mass is 16.2. The van der Waals surface area contributed by atoms with E-state index in [0.717, 1.165) is 19.4 Å². The van der Waals surface area contributed by atoms with E-state index in [4.69, 9.17) is 0 Å². The third-order valence-corrected chi connectivity index (χ3v) is 4.75. The smallest absolute Gasteiger partial charge is 0.223 e. The van der Waals surface area contributed by atoms with E-state index in [-0.39, 0.29) is 6.04 Å². The van der Waals surface area contributed by atoms with E-state index >= 15 is 0 Å². The first-order chi connectivity index (χ1) is 9.25. The summed E-state index contributed by atoms with van der Waals surface area (Å²) in [7, 11) is 0. The van der Waals surface area contributed by atoms with Crippen molar-refractivity contribution in [3.05, 3.63) is 35.5 Å². The van der Waals surface area contributed by atoms with Crippen molar-refractivity contribution in [3.8, 4) is 0 Å². The van der Waals surface area contributed by atoms with Gasteiger partial charge in [-0.15, -0.1) is 0 Å². The molecule has 3 nitrogen and oxygen atoms in total. The molecule has 98 valence electrons. The number of hydrogen-bond donors (Lipinski definition) is 1. The van der Waals surface area contributed by atoms with E-state index in [1.54, 1.807) is 0 Å². The molecular formula is C16H18N2O. The molecule has 0 radical (unpaired) electrons. The van der Waals surface area contributed by atoms with Gasteiger partial charge in [0.05, 0.1) is 6.04 Å². The Morgan fingerprint density at radius 2 is 2.11 bits per heavy atom. The molecule has 0 bridgehead atoms. The minimum absolute atomic E-state index is 0.261. The van der Waals surface area contributed by atoms with Crippen LogP contribution in [0.4, 0.5) is 0 Å². The maximum atomic E-state index is 12.1. The molecule has 19 heavy (non-hydrogen) atoms. The molecular weight excluding hydrogens is 236 g/mol. The molecule has 0 aliphatic carbocycles. The van der Waals surface area contributed by atoms with E-state index in [1.807, 2.05) is 0 Å². The Bertz CT molecular complexity index is 658. The Kier molecular flexibility index (Phi) is 2.25. The molecule has 1 N–H and O–H groups in total. The molecule has 1 fully saturated rings. The third-order valence-electron chi connectivity index (χ3n) is 4.75. The topological polar surface area (TPSA) is 36.1 Å². The monoisotopic (exact) mass is 254 g/mol. The van der Waals surface area contributed by atoms with Crippen LogP contribution in [-0.4, -0.2) is 22.3 Å². The largest absolute Gasteiger partial charge is 0.356 e. The summed E-state index contributed by atoms with van der Waals surface area (Å²) in [5.74, 6) is 0.872. The molecule has 2 aliphatic heterocycles. The number of rotatable bonds is 0. The number of benzene rings is 1. The highest BCUT2D eigenvalue weighted by Crippen LogP contribution is 2.42. The predicted octanol–water partition coefficient (Wildman–Crippen LogP) is 3.02. The van der Waals surface area contributed by atoms with Crippen LogP contribution in [0, 0.1) is 5.92 Å². The van der Waals surface area contributed by atoms with Gasteiger partial charge < -0.3 is 9.88 Å². The van der Waals surface area contributed by atoms with Gasteiger partial charge in [0, 0.05) is 29.6 Å². The third kappa shape index (κ3) is 1.47. The molecule has 2 aliphatic rings. The number of nitrogens with one attached hydrogen (secondary N) is 1. The second-order valence-corrected chi connectivity index (χ2v) is 5.86. The Balaban J connectivity index is 1.91. The molecule has 0 unspecified atom stereocenters. The zero-order chi connectivity index (χ0) is 13.0. The summed E-state index contributed by atoms with van der Waals surface area (Å²) in [5, 5.41) is 1.34. The van der Waals surface area contributed by atoms with Gasteiger partial charge in [0.2, 0.25) is 5.91 Å². The van der Waals surface area contributed by atoms with Crippen molar-refractivity contribution in [2.45, 2.75) is 32.2 Å². The Labute approximate surface area is 112 Å². The maximum absolute atomic E-state index is 12.1. The molecule has 4 rings (SSSR count). The summed E-state index contributed by atoms with van der Waals surface area (Å²) in [6.07, 6.45) is 2.70. The van der Waals surface area contributed by atoms with Crippen LogP contribution in [-0.2, 0) is 11.2 Å². The van der Waals surface area contributed by atoms with Gasteiger partial charge in [0.15, 0.2) is 0 Å². The van der Waals surface area contributed by atoms with Crippen molar-refractivity contribution in [2.24, 2.45) is 5.92 Å². The average molecular weight is 254 g/mol. The summed E-state index contributed by atoms with van der Waals surface area (Å²) in [4.78, 5) is 17.8. The Hall–Kier alpha value is -1.77. The van der Waals surface area contributed by atoms with Crippen LogP contribution in [0.5, 0.6) is 0 Å². The van der Waals surface area contributed by atoms with Crippen molar-refractivity contribution < 1.29 is 4.79 Å². The number of fused-ring (bicyclic) bond motifs is 5. The number of hydrogen-bond acceptors (Lipinski definition) is 1. The van der Waals surface area contributed by atoms with Gasteiger partial charge in [-0.3, -0.25) is 4.79 Å². The zero-order valence-corrected chi connectivity index (χ0v) is 11.1. The van der Waals surface area contributed by atoms with Crippen molar-refractivity contribution >= 4 is 16.8 Å².